The first-order valence-electron chi connectivity index (χ1n) is 10.5. The second-order valence-corrected chi connectivity index (χ2v) is 10.2. The van der Waals surface area contributed by atoms with Crippen LogP contribution < -0.4 is 10.6 Å². The molecule has 2 fully saturated rings. The minimum absolute atomic E-state index is 0.0105. The summed E-state index contributed by atoms with van der Waals surface area (Å²) in [6.45, 7) is 8.47. The van der Waals surface area contributed by atoms with Crippen LogP contribution in [0.1, 0.15) is 58.3 Å². The largest absolute Gasteiger partial charge is 0.392 e. The highest BCUT2D eigenvalue weighted by atomic mass is 32.1. The number of carbonyl (C=O) groups is 2. The molecule has 5 nitrogen and oxygen atoms in total. The minimum Gasteiger partial charge on any atom is -0.392 e. The number of hydrogen-bond donors (Lipinski definition) is 3. The predicted molar refractivity (Wildman–Crippen MR) is 112 cm³/mol. The Kier molecular flexibility index (Phi) is 6.50. The minimum atomic E-state index is -0.521. The smallest absolute Gasteiger partial charge is 0.223 e. The van der Waals surface area contributed by atoms with E-state index >= 15 is 0 Å². The Morgan fingerprint density at radius 3 is 2.71 bits per heavy atom. The molecule has 2 aliphatic rings. The summed E-state index contributed by atoms with van der Waals surface area (Å²) in [4.78, 5) is 25.5. The van der Waals surface area contributed by atoms with Crippen LogP contribution in [0, 0.1) is 29.1 Å². The molecule has 1 aromatic heterocycles. The fourth-order valence-electron chi connectivity index (χ4n) is 5.70. The van der Waals surface area contributed by atoms with Crippen molar-refractivity contribution in [2.45, 2.75) is 72.1 Å². The quantitative estimate of drug-likeness (QED) is 0.702. The molecule has 6 heteroatoms. The van der Waals surface area contributed by atoms with Gasteiger partial charge in [0, 0.05) is 23.8 Å². The summed E-state index contributed by atoms with van der Waals surface area (Å²) in [5.41, 5.74) is 0.0808. The van der Waals surface area contributed by atoms with Gasteiger partial charge in [-0.2, -0.15) is 0 Å². The van der Waals surface area contributed by atoms with E-state index in [2.05, 4.69) is 24.5 Å². The van der Waals surface area contributed by atoms with Gasteiger partial charge in [-0.05, 0) is 60.3 Å². The Balaban J connectivity index is 1.68. The van der Waals surface area contributed by atoms with E-state index in [1.54, 1.807) is 18.3 Å². The molecule has 7 atom stereocenters. The van der Waals surface area contributed by atoms with E-state index in [9.17, 15) is 14.7 Å². The third kappa shape index (κ3) is 4.28. The molecule has 0 bridgehead atoms. The van der Waals surface area contributed by atoms with Crippen LogP contribution in [-0.4, -0.2) is 29.1 Å². The zero-order valence-corrected chi connectivity index (χ0v) is 18.2. The molecule has 28 heavy (non-hydrogen) atoms. The average Bonchev–Trinajstić information content (AvgIpc) is 3.15. The van der Waals surface area contributed by atoms with Crippen molar-refractivity contribution in [3.05, 3.63) is 22.4 Å². The molecule has 0 aromatic carbocycles. The highest BCUT2D eigenvalue weighted by Gasteiger charge is 2.53. The molecule has 0 saturated heterocycles. The maximum Gasteiger partial charge on any atom is 0.223 e. The number of carbonyl (C=O) groups excluding carboxylic acids is 2. The molecular formula is C22H34N2O3S. The van der Waals surface area contributed by atoms with Crippen LogP contribution >= 0.6 is 11.3 Å². The van der Waals surface area contributed by atoms with E-state index in [1.807, 2.05) is 24.4 Å². The number of fused-ring (bicyclic) bond motifs is 1. The Morgan fingerprint density at radius 2 is 2.07 bits per heavy atom. The van der Waals surface area contributed by atoms with Crippen molar-refractivity contribution in [1.82, 2.24) is 10.6 Å². The molecular weight excluding hydrogens is 372 g/mol. The maximum atomic E-state index is 12.7. The summed E-state index contributed by atoms with van der Waals surface area (Å²) in [6.07, 6.45) is 3.35. The van der Waals surface area contributed by atoms with Gasteiger partial charge in [0.15, 0.2) is 0 Å². The van der Waals surface area contributed by atoms with Crippen LogP contribution in [0.25, 0.3) is 0 Å². The third-order valence-corrected chi connectivity index (χ3v) is 8.23. The van der Waals surface area contributed by atoms with Gasteiger partial charge >= 0.3 is 0 Å². The first-order valence-corrected chi connectivity index (χ1v) is 11.4. The number of nitrogens with one attached hydrogen (secondary N) is 2. The molecule has 1 aromatic rings. The Labute approximate surface area is 172 Å². The standard InChI is InChI=1S/C22H34N2O3S/c1-13(21(27)23-12-16-6-5-11-28-16)17-7-9-22(4)10-8-18(24-15(3)25)14(2)19(22)20(17)26/h5-6,11,13-14,17-20,26H,7-10,12H2,1-4H3,(H,23,27)(H,24,25)/t13-,14+,17-,18-,19+,20-,22-/m0/s1. The van der Waals surface area contributed by atoms with Crippen molar-refractivity contribution in [2.24, 2.45) is 29.1 Å². The maximum absolute atomic E-state index is 12.7. The van der Waals surface area contributed by atoms with Gasteiger partial charge < -0.3 is 15.7 Å². The predicted octanol–water partition coefficient (Wildman–Crippen LogP) is 3.33. The van der Waals surface area contributed by atoms with E-state index in [0.29, 0.717) is 6.54 Å². The molecule has 3 rings (SSSR count). The summed E-state index contributed by atoms with van der Waals surface area (Å²) in [7, 11) is 0. The lowest BCUT2D eigenvalue weighted by atomic mass is 9.51. The average molecular weight is 407 g/mol. The highest BCUT2D eigenvalue weighted by Crippen LogP contribution is 2.55. The fraction of sp³-hybridized carbons (Fsp3) is 0.727. The number of aliphatic hydroxyl groups excluding tert-OH is 1. The molecule has 1 heterocycles. The van der Waals surface area contributed by atoms with Crippen LogP contribution in [0.15, 0.2) is 17.5 Å². The molecule has 0 aliphatic heterocycles. The van der Waals surface area contributed by atoms with E-state index < -0.39 is 6.10 Å². The van der Waals surface area contributed by atoms with Gasteiger partial charge in [0.2, 0.25) is 11.8 Å². The number of thiophene rings is 1. The fourth-order valence-corrected chi connectivity index (χ4v) is 6.35. The molecule has 3 N–H and O–H groups in total. The normalized spacial score (nSPS) is 36.2. The first kappa shape index (κ1) is 21.3. The van der Waals surface area contributed by atoms with E-state index in [4.69, 9.17) is 0 Å². The van der Waals surface area contributed by atoms with Crippen molar-refractivity contribution < 1.29 is 14.7 Å². The van der Waals surface area contributed by atoms with Crippen molar-refractivity contribution in [3.63, 3.8) is 0 Å². The number of aliphatic hydroxyl groups is 1. The number of rotatable bonds is 5. The summed E-state index contributed by atoms with van der Waals surface area (Å²) < 4.78 is 0. The lowest BCUT2D eigenvalue weighted by molar-refractivity contribution is -0.143. The Morgan fingerprint density at radius 1 is 1.36 bits per heavy atom. The van der Waals surface area contributed by atoms with Crippen LogP contribution in [-0.2, 0) is 16.1 Å². The van der Waals surface area contributed by atoms with Gasteiger partial charge in [0.05, 0.1) is 12.6 Å². The van der Waals surface area contributed by atoms with Gasteiger partial charge in [-0.25, -0.2) is 0 Å². The topological polar surface area (TPSA) is 78.4 Å². The van der Waals surface area contributed by atoms with Crippen LogP contribution in [0.5, 0.6) is 0 Å². The van der Waals surface area contributed by atoms with Gasteiger partial charge in [-0.3, -0.25) is 9.59 Å². The van der Waals surface area contributed by atoms with Crippen molar-refractivity contribution >= 4 is 23.2 Å². The molecule has 0 spiro atoms. The highest BCUT2D eigenvalue weighted by molar-refractivity contribution is 7.09. The molecule has 2 saturated carbocycles. The molecule has 0 radical (unpaired) electrons. The van der Waals surface area contributed by atoms with Gasteiger partial charge in [0.25, 0.3) is 0 Å². The summed E-state index contributed by atoms with van der Waals surface area (Å²) >= 11 is 1.63. The van der Waals surface area contributed by atoms with Gasteiger partial charge in [0.1, 0.15) is 0 Å². The van der Waals surface area contributed by atoms with Crippen molar-refractivity contribution in [2.75, 3.05) is 0 Å². The van der Waals surface area contributed by atoms with Crippen LogP contribution in [0.3, 0.4) is 0 Å². The van der Waals surface area contributed by atoms with E-state index in [-0.39, 0.29) is 46.9 Å². The summed E-state index contributed by atoms with van der Waals surface area (Å²) in [5, 5.41) is 19.4. The Hall–Kier alpha value is -1.40. The van der Waals surface area contributed by atoms with E-state index in [0.717, 1.165) is 30.6 Å². The lowest BCUT2D eigenvalue weighted by Crippen LogP contribution is -2.58. The second-order valence-electron chi connectivity index (χ2n) is 9.16. The first-order chi connectivity index (χ1) is 13.2. The number of amides is 2. The van der Waals surface area contributed by atoms with Gasteiger partial charge in [-0.1, -0.05) is 26.8 Å². The zero-order valence-electron chi connectivity index (χ0n) is 17.4. The Bertz CT molecular complexity index is 692. The van der Waals surface area contributed by atoms with E-state index in [1.165, 1.54) is 0 Å². The number of hydrogen-bond acceptors (Lipinski definition) is 4. The zero-order chi connectivity index (χ0) is 20.5. The molecule has 2 amide bonds. The van der Waals surface area contributed by atoms with Crippen LogP contribution in [0.2, 0.25) is 0 Å². The molecule has 2 aliphatic carbocycles. The van der Waals surface area contributed by atoms with Crippen LogP contribution in [0.4, 0.5) is 0 Å². The second kappa shape index (κ2) is 8.54. The van der Waals surface area contributed by atoms with Crippen molar-refractivity contribution in [3.8, 4) is 0 Å². The SMILES string of the molecule is CC(=O)N[C@H]1CC[C@]2(C)CC[C@@H]([C@H](C)C(=O)NCc3cccs3)[C@H](O)[C@H]2[C@@H]1C. The third-order valence-electron chi connectivity index (χ3n) is 7.35. The summed E-state index contributed by atoms with van der Waals surface area (Å²) in [5.74, 6) is 0.0329. The molecule has 156 valence electrons. The summed E-state index contributed by atoms with van der Waals surface area (Å²) in [6, 6.07) is 4.10. The van der Waals surface area contributed by atoms with Gasteiger partial charge in [-0.15, -0.1) is 11.3 Å². The molecule has 0 unspecified atom stereocenters. The monoisotopic (exact) mass is 406 g/mol. The van der Waals surface area contributed by atoms with Crippen molar-refractivity contribution in [1.29, 1.82) is 0 Å². The lowest BCUT2D eigenvalue weighted by Gasteiger charge is -2.56.